The van der Waals surface area contributed by atoms with E-state index in [-0.39, 0.29) is 36.5 Å². The number of halogens is 2. The van der Waals surface area contributed by atoms with Gasteiger partial charge in [0.1, 0.15) is 0 Å². The van der Waals surface area contributed by atoms with Crippen LogP contribution < -0.4 is 10.6 Å². The van der Waals surface area contributed by atoms with Gasteiger partial charge >= 0.3 is 0 Å². The SMILES string of the molecule is Cc1cc(C)n2nc(C(=O)NCC3CCCNC3)nc2n1.Cl.Cl. The largest absolute Gasteiger partial charge is 0.349 e. The molecule has 0 aromatic carbocycles. The maximum atomic E-state index is 12.2. The van der Waals surface area contributed by atoms with Crippen LogP contribution in [0, 0.1) is 19.8 Å². The lowest BCUT2D eigenvalue weighted by atomic mass is 10.00. The Morgan fingerprint density at radius 1 is 1.39 bits per heavy atom. The Morgan fingerprint density at radius 3 is 2.87 bits per heavy atom. The second-order valence-electron chi connectivity index (χ2n) is 5.61. The van der Waals surface area contributed by atoms with Crippen LogP contribution in [-0.4, -0.2) is 45.1 Å². The van der Waals surface area contributed by atoms with E-state index < -0.39 is 0 Å². The Kier molecular flexibility index (Phi) is 7.18. The van der Waals surface area contributed by atoms with Crippen LogP contribution in [0.4, 0.5) is 0 Å². The number of hydrogen-bond acceptors (Lipinski definition) is 5. The van der Waals surface area contributed by atoms with Crippen LogP contribution in [0.5, 0.6) is 0 Å². The third kappa shape index (κ3) is 4.53. The van der Waals surface area contributed by atoms with E-state index in [1.54, 1.807) is 4.52 Å². The number of hydrogen-bond donors (Lipinski definition) is 2. The minimum absolute atomic E-state index is 0. The molecule has 128 valence electrons. The number of aryl methyl sites for hydroxylation is 2. The molecular formula is C14H22Cl2N6O. The molecule has 1 aliphatic rings. The van der Waals surface area contributed by atoms with E-state index in [2.05, 4.69) is 25.7 Å². The standard InChI is InChI=1S/C14H20N6O.2ClH/c1-9-6-10(2)20-14(17-9)18-12(19-20)13(21)16-8-11-4-3-5-15-7-11;;/h6,11,15H,3-5,7-8H2,1-2H3,(H,16,21);2*1H. The van der Waals surface area contributed by atoms with Gasteiger partial charge in [0.25, 0.3) is 11.7 Å². The summed E-state index contributed by atoms with van der Waals surface area (Å²) in [4.78, 5) is 20.7. The third-order valence-corrected chi connectivity index (χ3v) is 3.77. The van der Waals surface area contributed by atoms with Gasteiger partial charge in [-0.15, -0.1) is 29.9 Å². The molecule has 2 aromatic rings. The Labute approximate surface area is 147 Å². The van der Waals surface area contributed by atoms with Crippen molar-refractivity contribution in [1.29, 1.82) is 0 Å². The number of nitrogens with one attached hydrogen (secondary N) is 2. The number of piperidine rings is 1. The maximum Gasteiger partial charge on any atom is 0.291 e. The lowest BCUT2D eigenvalue weighted by Gasteiger charge is -2.22. The van der Waals surface area contributed by atoms with Gasteiger partial charge in [-0.2, -0.15) is 4.98 Å². The zero-order valence-electron chi connectivity index (χ0n) is 13.2. The predicted molar refractivity (Wildman–Crippen MR) is 92.7 cm³/mol. The molecule has 1 aliphatic heterocycles. The van der Waals surface area contributed by atoms with E-state index in [1.807, 2.05) is 19.9 Å². The highest BCUT2D eigenvalue weighted by atomic mass is 35.5. The van der Waals surface area contributed by atoms with E-state index in [1.165, 1.54) is 0 Å². The molecule has 7 nitrogen and oxygen atoms in total. The fourth-order valence-electron chi connectivity index (χ4n) is 2.68. The van der Waals surface area contributed by atoms with Crippen LogP contribution in [0.2, 0.25) is 0 Å². The van der Waals surface area contributed by atoms with Crippen LogP contribution in [0.1, 0.15) is 34.8 Å². The lowest BCUT2D eigenvalue weighted by molar-refractivity contribution is 0.0934. The molecular weight excluding hydrogens is 339 g/mol. The number of fused-ring (bicyclic) bond motifs is 1. The van der Waals surface area contributed by atoms with E-state index >= 15 is 0 Å². The average Bonchev–Trinajstić information content (AvgIpc) is 2.90. The first kappa shape index (κ1) is 19.6. The predicted octanol–water partition coefficient (Wildman–Crippen LogP) is 1.31. The summed E-state index contributed by atoms with van der Waals surface area (Å²) in [7, 11) is 0. The highest BCUT2D eigenvalue weighted by Gasteiger charge is 2.18. The first-order valence-corrected chi connectivity index (χ1v) is 7.33. The minimum Gasteiger partial charge on any atom is -0.349 e. The molecule has 3 heterocycles. The molecule has 0 spiro atoms. The highest BCUT2D eigenvalue weighted by molar-refractivity contribution is 5.90. The van der Waals surface area contributed by atoms with Crippen molar-refractivity contribution in [2.24, 2.45) is 5.92 Å². The molecule has 9 heteroatoms. The summed E-state index contributed by atoms with van der Waals surface area (Å²) in [6, 6.07) is 1.91. The molecule has 1 saturated heterocycles. The second kappa shape index (κ2) is 8.42. The quantitative estimate of drug-likeness (QED) is 0.861. The monoisotopic (exact) mass is 360 g/mol. The molecule has 0 aliphatic carbocycles. The molecule has 0 radical (unpaired) electrons. The summed E-state index contributed by atoms with van der Waals surface area (Å²) < 4.78 is 1.60. The van der Waals surface area contributed by atoms with Gasteiger partial charge in [0.2, 0.25) is 5.82 Å². The highest BCUT2D eigenvalue weighted by Crippen LogP contribution is 2.09. The van der Waals surface area contributed by atoms with Crippen LogP contribution in [0.3, 0.4) is 0 Å². The Hall–Kier alpha value is -1.44. The van der Waals surface area contributed by atoms with Gasteiger partial charge in [0.05, 0.1) is 0 Å². The van der Waals surface area contributed by atoms with Gasteiger partial charge in [0.15, 0.2) is 0 Å². The van der Waals surface area contributed by atoms with Crippen molar-refractivity contribution in [2.75, 3.05) is 19.6 Å². The molecule has 2 N–H and O–H groups in total. The van der Waals surface area contributed by atoms with Gasteiger partial charge in [-0.25, -0.2) is 9.50 Å². The van der Waals surface area contributed by atoms with E-state index in [0.717, 1.165) is 37.3 Å². The summed E-state index contributed by atoms with van der Waals surface area (Å²) >= 11 is 0. The fourth-order valence-corrected chi connectivity index (χ4v) is 2.68. The fraction of sp³-hybridized carbons (Fsp3) is 0.571. The third-order valence-electron chi connectivity index (χ3n) is 3.77. The van der Waals surface area contributed by atoms with Crippen molar-refractivity contribution in [3.63, 3.8) is 0 Å². The van der Waals surface area contributed by atoms with Gasteiger partial charge in [-0.3, -0.25) is 4.79 Å². The van der Waals surface area contributed by atoms with Crippen LogP contribution >= 0.6 is 24.8 Å². The molecule has 1 amide bonds. The van der Waals surface area contributed by atoms with Gasteiger partial charge in [-0.05, 0) is 51.8 Å². The zero-order chi connectivity index (χ0) is 14.8. The van der Waals surface area contributed by atoms with Crippen molar-refractivity contribution in [1.82, 2.24) is 30.2 Å². The van der Waals surface area contributed by atoms with Gasteiger partial charge < -0.3 is 10.6 Å². The molecule has 1 atom stereocenters. The minimum atomic E-state index is -0.233. The van der Waals surface area contributed by atoms with Crippen LogP contribution in [-0.2, 0) is 0 Å². The summed E-state index contributed by atoms with van der Waals surface area (Å²) in [6.07, 6.45) is 2.31. The van der Waals surface area contributed by atoms with Gasteiger partial charge in [0, 0.05) is 17.9 Å². The average molecular weight is 361 g/mol. The van der Waals surface area contributed by atoms with Crippen LogP contribution in [0.25, 0.3) is 5.78 Å². The second-order valence-corrected chi connectivity index (χ2v) is 5.61. The van der Waals surface area contributed by atoms with Crippen molar-refractivity contribution in [2.45, 2.75) is 26.7 Å². The molecule has 0 saturated carbocycles. The summed E-state index contributed by atoms with van der Waals surface area (Å²) in [5.41, 5.74) is 1.79. The Balaban J connectivity index is 0.00000132. The first-order chi connectivity index (χ1) is 10.1. The summed E-state index contributed by atoms with van der Waals surface area (Å²) in [5.74, 6) is 0.905. The maximum absolute atomic E-state index is 12.2. The molecule has 2 aromatic heterocycles. The number of carbonyl (C=O) groups excluding carboxylic acids is 1. The number of nitrogens with zero attached hydrogens (tertiary/aromatic N) is 4. The van der Waals surface area contributed by atoms with Crippen molar-refractivity contribution >= 4 is 36.5 Å². The number of amides is 1. The molecule has 1 unspecified atom stereocenters. The normalized spacial score (nSPS) is 17.2. The van der Waals surface area contributed by atoms with Gasteiger partial charge in [-0.1, -0.05) is 0 Å². The zero-order valence-corrected chi connectivity index (χ0v) is 14.8. The molecule has 1 fully saturated rings. The van der Waals surface area contributed by atoms with E-state index in [0.29, 0.717) is 18.2 Å². The smallest absolute Gasteiger partial charge is 0.291 e. The van der Waals surface area contributed by atoms with Crippen molar-refractivity contribution in [3.05, 3.63) is 23.3 Å². The Morgan fingerprint density at radius 2 is 2.17 bits per heavy atom. The molecule has 0 bridgehead atoms. The van der Waals surface area contributed by atoms with Crippen molar-refractivity contribution < 1.29 is 4.79 Å². The summed E-state index contributed by atoms with van der Waals surface area (Å²) in [6.45, 7) is 6.51. The molecule has 23 heavy (non-hydrogen) atoms. The number of aromatic nitrogens is 4. The lowest BCUT2D eigenvalue weighted by Crippen LogP contribution is -2.38. The van der Waals surface area contributed by atoms with Crippen LogP contribution in [0.15, 0.2) is 6.07 Å². The Bertz CT molecular complexity index is 669. The first-order valence-electron chi connectivity index (χ1n) is 7.33. The van der Waals surface area contributed by atoms with Crippen molar-refractivity contribution in [3.8, 4) is 0 Å². The van der Waals surface area contributed by atoms with E-state index in [9.17, 15) is 4.79 Å². The summed E-state index contributed by atoms with van der Waals surface area (Å²) in [5, 5.41) is 10.5. The molecule has 3 rings (SSSR count). The van der Waals surface area contributed by atoms with E-state index in [4.69, 9.17) is 0 Å². The number of rotatable bonds is 3. The topological polar surface area (TPSA) is 84.2 Å². The number of carbonyl (C=O) groups is 1.